The molecule has 4 heteroatoms. The maximum Gasteiger partial charge on any atom is 0.100 e. The Morgan fingerprint density at radius 3 is 1.51 bits per heavy atom. The number of hydrogen-bond donors (Lipinski definition) is 0. The minimum absolute atomic E-state index is 0.00489. The molecule has 2 atom stereocenters. The molecule has 0 saturated heterocycles. The lowest BCUT2D eigenvalue weighted by Gasteiger charge is -2.67. The summed E-state index contributed by atoms with van der Waals surface area (Å²) in [5.74, 6) is 5.84. The fraction of sp³-hybridized carbons (Fsp3) is 0.692. The van der Waals surface area contributed by atoms with Crippen molar-refractivity contribution >= 4 is 24.2 Å². The molecular formula is C39H54NOPS. The predicted octanol–water partition coefficient (Wildman–Crippen LogP) is 9.52. The highest BCUT2D eigenvalue weighted by Crippen LogP contribution is 2.78. The van der Waals surface area contributed by atoms with E-state index in [-0.39, 0.29) is 18.7 Å². The lowest BCUT2D eigenvalue weighted by molar-refractivity contribution is 0.0195. The molecule has 0 spiro atoms. The van der Waals surface area contributed by atoms with Gasteiger partial charge in [-0.15, -0.1) is 0 Å². The van der Waals surface area contributed by atoms with Crippen molar-refractivity contribution in [1.29, 1.82) is 0 Å². The average molecular weight is 616 g/mol. The molecule has 0 radical (unpaired) electrons. The molecule has 0 heterocycles. The fourth-order valence-corrected chi connectivity index (χ4v) is 19.2. The molecule has 8 aliphatic rings. The molecule has 8 fully saturated rings. The van der Waals surface area contributed by atoms with Crippen LogP contribution in [-0.4, -0.2) is 30.6 Å². The SMILES string of the molecule is Cc1ccccc1[C@H](c1ccccc1P(C12CC3CC(CC(C3)C1)C2)C12CC3CC(CC(C3)C1)C2)N(C)S(=O)C(C)(C)C. The summed E-state index contributed by atoms with van der Waals surface area (Å²) in [7, 11) is 0.668. The molecule has 232 valence electrons. The van der Waals surface area contributed by atoms with Gasteiger partial charge in [-0.25, -0.2) is 8.51 Å². The Balaban J connectivity index is 1.33. The molecule has 8 saturated carbocycles. The molecule has 8 aliphatic carbocycles. The van der Waals surface area contributed by atoms with E-state index >= 15 is 0 Å². The summed E-state index contributed by atoms with van der Waals surface area (Å²) in [5, 5.41) is 2.75. The second-order valence-electron chi connectivity index (χ2n) is 17.3. The Morgan fingerprint density at radius 1 is 0.698 bits per heavy atom. The first-order valence-electron chi connectivity index (χ1n) is 17.6. The van der Waals surface area contributed by atoms with E-state index in [1.54, 1.807) is 5.30 Å². The molecule has 0 N–H and O–H groups in total. The molecule has 43 heavy (non-hydrogen) atoms. The normalized spacial score (nSPS) is 39.8. The van der Waals surface area contributed by atoms with Crippen LogP contribution in [0.3, 0.4) is 0 Å². The lowest BCUT2D eigenvalue weighted by Crippen LogP contribution is -2.58. The highest BCUT2D eigenvalue weighted by molar-refractivity contribution is 7.84. The zero-order valence-electron chi connectivity index (χ0n) is 27.4. The van der Waals surface area contributed by atoms with Crippen molar-refractivity contribution in [1.82, 2.24) is 4.31 Å². The molecule has 8 bridgehead atoms. The highest BCUT2D eigenvalue weighted by atomic mass is 32.2. The summed E-state index contributed by atoms with van der Waals surface area (Å²) in [4.78, 5) is 0. The van der Waals surface area contributed by atoms with Crippen molar-refractivity contribution in [2.45, 2.75) is 126 Å². The van der Waals surface area contributed by atoms with Gasteiger partial charge < -0.3 is 0 Å². The fourth-order valence-electron chi connectivity index (χ4n) is 12.6. The van der Waals surface area contributed by atoms with Gasteiger partial charge >= 0.3 is 0 Å². The van der Waals surface area contributed by atoms with Crippen LogP contribution in [0.4, 0.5) is 0 Å². The third-order valence-corrected chi connectivity index (χ3v) is 18.7. The third kappa shape index (κ3) is 4.88. The van der Waals surface area contributed by atoms with Gasteiger partial charge in [0.1, 0.15) is 11.0 Å². The van der Waals surface area contributed by atoms with Crippen LogP contribution in [0.15, 0.2) is 48.5 Å². The summed E-state index contributed by atoms with van der Waals surface area (Å²) in [5.41, 5.74) is 4.13. The van der Waals surface area contributed by atoms with Crippen molar-refractivity contribution < 1.29 is 4.21 Å². The maximum absolute atomic E-state index is 14.2. The van der Waals surface area contributed by atoms with E-state index in [4.69, 9.17) is 0 Å². The zero-order chi connectivity index (χ0) is 29.7. The number of rotatable bonds is 7. The standard InChI is InChI=1S/C39H54NOPS/c1-26-10-6-7-11-33(26)36(40(5)43(41)37(2,3)4)34-12-8-9-13-35(34)42(38-20-27-14-28(21-38)16-29(15-27)22-38)39-23-30-17-31(24-39)19-32(18-30)25-39/h6-13,27-32,36H,14-25H2,1-5H3/t27?,28?,29?,30?,31?,32?,36-,38?,39?,42?,43?/m1/s1. The largest absolute Gasteiger partial charge is 0.242 e. The van der Waals surface area contributed by atoms with Crippen LogP contribution in [0.5, 0.6) is 0 Å². The van der Waals surface area contributed by atoms with Gasteiger partial charge in [-0.05, 0) is 173 Å². The molecule has 2 aromatic carbocycles. The first-order chi connectivity index (χ1) is 20.5. The van der Waals surface area contributed by atoms with Gasteiger partial charge in [0.05, 0.1) is 10.8 Å². The van der Waals surface area contributed by atoms with Gasteiger partial charge in [0.15, 0.2) is 0 Å². The Morgan fingerprint density at radius 2 is 1.09 bits per heavy atom. The maximum atomic E-state index is 14.2. The summed E-state index contributed by atoms with van der Waals surface area (Å²) in [6.45, 7) is 8.67. The van der Waals surface area contributed by atoms with Gasteiger partial charge in [-0.1, -0.05) is 56.5 Å². The Kier molecular flexibility index (Phi) is 7.18. The van der Waals surface area contributed by atoms with Crippen molar-refractivity contribution in [3.8, 4) is 0 Å². The van der Waals surface area contributed by atoms with E-state index in [9.17, 15) is 4.21 Å². The van der Waals surface area contributed by atoms with E-state index in [1.807, 2.05) is 0 Å². The van der Waals surface area contributed by atoms with Gasteiger partial charge in [-0.2, -0.15) is 0 Å². The van der Waals surface area contributed by atoms with Crippen molar-refractivity contribution in [3.63, 3.8) is 0 Å². The minimum atomic E-state index is -1.12. The third-order valence-electron chi connectivity index (χ3n) is 13.1. The lowest BCUT2D eigenvalue weighted by atomic mass is 9.55. The first-order valence-corrected chi connectivity index (χ1v) is 20.1. The molecule has 0 amide bonds. The van der Waals surface area contributed by atoms with Gasteiger partial charge in [0.2, 0.25) is 0 Å². The van der Waals surface area contributed by atoms with Gasteiger partial charge in [0, 0.05) is 7.05 Å². The van der Waals surface area contributed by atoms with E-state index in [0.29, 0.717) is 10.3 Å². The molecule has 10 rings (SSSR count). The zero-order valence-corrected chi connectivity index (χ0v) is 29.1. The molecule has 2 aromatic rings. The summed E-state index contributed by atoms with van der Waals surface area (Å²) >= 11 is 0. The first kappa shape index (κ1) is 29.4. The summed E-state index contributed by atoms with van der Waals surface area (Å²) in [6.07, 6.45) is 18.1. The van der Waals surface area contributed by atoms with E-state index in [1.165, 1.54) is 93.7 Å². The number of hydrogen-bond acceptors (Lipinski definition) is 1. The second-order valence-corrected chi connectivity index (χ2v) is 22.7. The molecule has 0 aliphatic heterocycles. The molecular weight excluding hydrogens is 561 g/mol. The Hall–Kier alpha value is -1.02. The van der Waals surface area contributed by atoms with Crippen LogP contribution in [-0.2, 0) is 11.0 Å². The summed E-state index contributed by atoms with van der Waals surface area (Å²) in [6, 6.07) is 18.7. The molecule has 1 unspecified atom stereocenters. The van der Waals surface area contributed by atoms with Gasteiger partial charge in [-0.3, -0.25) is 0 Å². The number of benzene rings is 2. The van der Waals surface area contributed by atoms with Crippen LogP contribution in [0.2, 0.25) is 0 Å². The topological polar surface area (TPSA) is 20.3 Å². The van der Waals surface area contributed by atoms with Crippen molar-refractivity contribution in [3.05, 3.63) is 65.2 Å². The minimum Gasteiger partial charge on any atom is -0.242 e. The smallest absolute Gasteiger partial charge is 0.100 e. The second kappa shape index (κ2) is 10.5. The van der Waals surface area contributed by atoms with Gasteiger partial charge in [0.25, 0.3) is 0 Å². The van der Waals surface area contributed by atoms with Crippen molar-refractivity contribution in [2.75, 3.05) is 7.05 Å². The Labute approximate surface area is 265 Å². The molecule has 0 aromatic heterocycles. The van der Waals surface area contributed by atoms with Crippen molar-refractivity contribution in [2.24, 2.45) is 35.5 Å². The van der Waals surface area contributed by atoms with Crippen LogP contribution >= 0.6 is 7.92 Å². The number of nitrogens with zero attached hydrogens (tertiary/aromatic N) is 1. The summed E-state index contributed by atoms with van der Waals surface area (Å²) < 4.78 is 16.2. The van der Waals surface area contributed by atoms with Crippen LogP contribution < -0.4 is 5.30 Å². The van der Waals surface area contributed by atoms with Crippen LogP contribution in [0.1, 0.15) is 121 Å². The highest BCUT2D eigenvalue weighted by Gasteiger charge is 2.63. The van der Waals surface area contributed by atoms with Crippen LogP contribution in [0.25, 0.3) is 0 Å². The quantitative estimate of drug-likeness (QED) is 0.284. The Bertz CT molecular complexity index is 1290. The number of aryl methyl sites for hydroxylation is 1. The van der Waals surface area contributed by atoms with E-state index in [2.05, 4.69) is 87.6 Å². The molecule has 2 nitrogen and oxygen atoms in total. The van der Waals surface area contributed by atoms with Crippen LogP contribution in [0, 0.1) is 42.4 Å². The monoisotopic (exact) mass is 615 g/mol. The average Bonchev–Trinajstić information content (AvgIpc) is 2.92. The van der Waals surface area contributed by atoms with E-state index in [0.717, 1.165) is 35.5 Å². The predicted molar refractivity (Wildman–Crippen MR) is 183 cm³/mol. The van der Waals surface area contributed by atoms with E-state index < -0.39 is 11.0 Å².